The van der Waals surface area contributed by atoms with E-state index in [4.69, 9.17) is 4.74 Å². The van der Waals surface area contributed by atoms with Crippen LogP contribution in [0.4, 0.5) is 0 Å². The van der Waals surface area contributed by atoms with E-state index in [0.29, 0.717) is 6.10 Å². The molecule has 0 saturated carbocycles. The lowest BCUT2D eigenvalue weighted by atomic mass is 9.95. The van der Waals surface area contributed by atoms with Crippen molar-refractivity contribution in [2.24, 2.45) is 11.8 Å². The van der Waals surface area contributed by atoms with E-state index in [1.807, 2.05) is 7.11 Å². The molecule has 1 aliphatic heterocycles. The van der Waals surface area contributed by atoms with Gasteiger partial charge in [0.1, 0.15) is 0 Å². The minimum absolute atomic E-state index is 0.436. The topological polar surface area (TPSA) is 12.5 Å². The Labute approximate surface area is 96.1 Å². The van der Waals surface area contributed by atoms with E-state index in [1.165, 1.54) is 19.5 Å². The number of hydrogen-bond acceptors (Lipinski definition) is 2. The Morgan fingerprint density at radius 1 is 1.57 bits per heavy atom. The van der Waals surface area contributed by atoms with Gasteiger partial charge in [0.25, 0.3) is 0 Å². The molecular formula is C11H22BrNO. The molecule has 0 radical (unpaired) electrons. The van der Waals surface area contributed by atoms with Crippen LogP contribution in [0.3, 0.4) is 0 Å². The zero-order valence-corrected chi connectivity index (χ0v) is 11.1. The van der Waals surface area contributed by atoms with E-state index >= 15 is 0 Å². The third-order valence-corrected chi connectivity index (χ3v) is 4.21. The van der Waals surface area contributed by atoms with Crippen molar-refractivity contribution in [3.63, 3.8) is 0 Å². The second-order valence-corrected chi connectivity index (χ2v) is 5.21. The van der Waals surface area contributed by atoms with Crippen molar-refractivity contribution in [2.45, 2.75) is 26.4 Å². The zero-order valence-electron chi connectivity index (χ0n) is 9.50. The molecule has 1 heterocycles. The lowest BCUT2D eigenvalue weighted by molar-refractivity contribution is -0.00773. The molecule has 84 valence electrons. The first-order valence-corrected chi connectivity index (χ1v) is 6.60. The molecule has 3 unspecified atom stereocenters. The highest BCUT2D eigenvalue weighted by molar-refractivity contribution is 9.09. The molecule has 0 bridgehead atoms. The summed E-state index contributed by atoms with van der Waals surface area (Å²) < 4.78 is 5.50. The number of likely N-dealkylation sites (tertiary alicyclic amines) is 1. The van der Waals surface area contributed by atoms with E-state index in [9.17, 15) is 0 Å². The number of hydrogen-bond donors (Lipinski definition) is 0. The number of methoxy groups -OCH3 is 1. The van der Waals surface area contributed by atoms with Crippen LogP contribution in [0.5, 0.6) is 0 Å². The van der Waals surface area contributed by atoms with E-state index in [-0.39, 0.29) is 0 Å². The second-order valence-electron chi connectivity index (χ2n) is 4.56. The van der Waals surface area contributed by atoms with Crippen molar-refractivity contribution >= 4 is 15.9 Å². The normalized spacial score (nSPS) is 31.7. The highest BCUT2D eigenvalue weighted by Gasteiger charge is 2.26. The summed E-state index contributed by atoms with van der Waals surface area (Å²) in [6, 6.07) is 0. The quantitative estimate of drug-likeness (QED) is 0.723. The van der Waals surface area contributed by atoms with Gasteiger partial charge < -0.3 is 9.64 Å². The van der Waals surface area contributed by atoms with Crippen molar-refractivity contribution in [3.8, 4) is 0 Å². The lowest BCUT2D eigenvalue weighted by Crippen LogP contribution is -2.45. The summed E-state index contributed by atoms with van der Waals surface area (Å²) in [5.74, 6) is 1.46. The molecular weight excluding hydrogens is 242 g/mol. The van der Waals surface area contributed by atoms with Gasteiger partial charge in [-0.1, -0.05) is 29.8 Å². The fourth-order valence-corrected chi connectivity index (χ4v) is 2.26. The van der Waals surface area contributed by atoms with E-state index in [1.54, 1.807) is 0 Å². The number of rotatable bonds is 4. The van der Waals surface area contributed by atoms with Gasteiger partial charge in [-0.15, -0.1) is 0 Å². The summed E-state index contributed by atoms with van der Waals surface area (Å²) in [5.41, 5.74) is 0. The van der Waals surface area contributed by atoms with E-state index in [2.05, 4.69) is 34.7 Å². The fourth-order valence-electron chi connectivity index (χ4n) is 2.06. The predicted octanol–water partition coefficient (Wildman–Crippen LogP) is 2.37. The lowest BCUT2D eigenvalue weighted by Gasteiger charge is -2.37. The average Bonchev–Trinajstić information content (AvgIpc) is 2.20. The SMILES string of the molecule is COC1CN(CC(C)CBr)CCC1C. The first-order chi connectivity index (χ1) is 6.67. The highest BCUT2D eigenvalue weighted by atomic mass is 79.9. The smallest absolute Gasteiger partial charge is 0.0724 e. The fraction of sp³-hybridized carbons (Fsp3) is 1.00. The molecule has 0 N–H and O–H groups in total. The van der Waals surface area contributed by atoms with Crippen LogP contribution in [0.25, 0.3) is 0 Å². The van der Waals surface area contributed by atoms with Crippen LogP contribution < -0.4 is 0 Å². The molecule has 3 atom stereocenters. The molecule has 0 spiro atoms. The van der Waals surface area contributed by atoms with Crippen LogP contribution in [0.15, 0.2) is 0 Å². The molecule has 1 fully saturated rings. The molecule has 1 rings (SSSR count). The predicted molar refractivity (Wildman–Crippen MR) is 64.0 cm³/mol. The van der Waals surface area contributed by atoms with Crippen molar-refractivity contribution in [2.75, 3.05) is 32.1 Å². The Morgan fingerprint density at radius 2 is 2.29 bits per heavy atom. The Balaban J connectivity index is 2.34. The molecule has 0 amide bonds. The number of halogens is 1. The Hall–Kier alpha value is 0.400. The van der Waals surface area contributed by atoms with Gasteiger partial charge in [-0.3, -0.25) is 0 Å². The molecule has 14 heavy (non-hydrogen) atoms. The minimum atomic E-state index is 0.436. The largest absolute Gasteiger partial charge is 0.380 e. The number of piperidine rings is 1. The number of alkyl halides is 1. The molecule has 2 nitrogen and oxygen atoms in total. The number of nitrogens with zero attached hydrogens (tertiary/aromatic N) is 1. The molecule has 1 aliphatic rings. The first-order valence-electron chi connectivity index (χ1n) is 5.48. The average molecular weight is 264 g/mol. The maximum atomic E-state index is 5.50. The van der Waals surface area contributed by atoms with Crippen LogP contribution >= 0.6 is 15.9 Å². The molecule has 0 aliphatic carbocycles. The second kappa shape index (κ2) is 6.09. The Morgan fingerprint density at radius 3 is 2.86 bits per heavy atom. The summed E-state index contributed by atoms with van der Waals surface area (Å²) in [6.45, 7) is 8.11. The third-order valence-electron chi connectivity index (χ3n) is 3.11. The zero-order chi connectivity index (χ0) is 10.6. The van der Waals surface area contributed by atoms with Crippen LogP contribution in [0, 0.1) is 11.8 Å². The van der Waals surface area contributed by atoms with E-state index < -0.39 is 0 Å². The van der Waals surface area contributed by atoms with Crippen LogP contribution in [-0.2, 0) is 4.74 Å². The van der Waals surface area contributed by atoms with Crippen molar-refractivity contribution < 1.29 is 4.74 Å². The van der Waals surface area contributed by atoms with Gasteiger partial charge in [-0.25, -0.2) is 0 Å². The first kappa shape index (κ1) is 12.5. The van der Waals surface area contributed by atoms with Gasteiger partial charge >= 0.3 is 0 Å². The molecule has 0 aromatic heterocycles. The van der Waals surface area contributed by atoms with Crippen LogP contribution in [0.1, 0.15) is 20.3 Å². The highest BCUT2D eigenvalue weighted by Crippen LogP contribution is 2.20. The molecule has 0 aromatic carbocycles. The summed E-state index contributed by atoms with van der Waals surface area (Å²) >= 11 is 3.53. The van der Waals surface area contributed by atoms with E-state index in [0.717, 1.165) is 23.7 Å². The Bertz CT molecular complexity index is 165. The van der Waals surface area contributed by atoms with Gasteiger partial charge in [0.2, 0.25) is 0 Å². The van der Waals surface area contributed by atoms with Gasteiger partial charge in [-0.2, -0.15) is 0 Å². The molecule has 0 aromatic rings. The molecule has 1 saturated heterocycles. The van der Waals surface area contributed by atoms with Crippen molar-refractivity contribution in [1.29, 1.82) is 0 Å². The van der Waals surface area contributed by atoms with Crippen LogP contribution in [-0.4, -0.2) is 43.1 Å². The van der Waals surface area contributed by atoms with Gasteiger partial charge in [-0.05, 0) is 24.8 Å². The summed E-state index contributed by atoms with van der Waals surface area (Å²) in [4.78, 5) is 2.53. The standard InChI is InChI=1S/C11H22BrNO/c1-9(6-12)7-13-5-4-10(2)11(8-13)14-3/h9-11H,4-8H2,1-3H3. The minimum Gasteiger partial charge on any atom is -0.380 e. The number of ether oxygens (including phenoxy) is 1. The summed E-state index contributed by atoms with van der Waals surface area (Å²) in [6.07, 6.45) is 1.71. The summed E-state index contributed by atoms with van der Waals surface area (Å²) in [5, 5.41) is 1.09. The van der Waals surface area contributed by atoms with Crippen molar-refractivity contribution in [1.82, 2.24) is 4.90 Å². The maximum absolute atomic E-state index is 5.50. The van der Waals surface area contributed by atoms with Crippen LogP contribution in [0.2, 0.25) is 0 Å². The van der Waals surface area contributed by atoms with Gasteiger partial charge in [0, 0.05) is 25.5 Å². The summed E-state index contributed by atoms with van der Waals surface area (Å²) in [7, 11) is 1.83. The van der Waals surface area contributed by atoms with Gasteiger partial charge in [0.15, 0.2) is 0 Å². The van der Waals surface area contributed by atoms with Crippen molar-refractivity contribution in [3.05, 3.63) is 0 Å². The third kappa shape index (κ3) is 3.52. The maximum Gasteiger partial charge on any atom is 0.0724 e. The molecule has 3 heteroatoms. The van der Waals surface area contributed by atoms with Gasteiger partial charge in [0.05, 0.1) is 6.10 Å². The monoisotopic (exact) mass is 263 g/mol. The Kier molecular flexibility index (Phi) is 5.42.